The van der Waals surface area contributed by atoms with Crippen molar-refractivity contribution in [1.82, 2.24) is 9.88 Å². The summed E-state index contributed by atoms with van der Waals surface area (Å²) in [6.45, 7) is 0. The van der Waals surface area contributed by atoms with E-state index in [1.54, 1.807) is 0 Å². The van der Waals surface area contributed by atoms with Crippen molar-refractivity contribution >= 4 is 5.78 Å². The number of carbonyl (C=O) groups is 1. The molecule has 2 heterocycles. The van der Waals surface area contributed by atoms with Crippen molar-refractivity contribution in [3.63, 3.8) is 0 Å². The lowest BCUT2D eigenvalue weighted by atomic mass is 9.89. The molecule has 0 unspecified atom stereocenters. The predicted octanol–water partition coefficient (Wildman–Crippen LogP) is 3.88. The molecule has 1 aromatic heterocycles. The van der Waals surface area contributed by atoms with Crippen LogP contribution < -0.4 is 0 Å². The van der Waals surface area contributed by atoms with Gasteiger partial charge in [0, 0.05) is 36.5 Å². The summed E-state index contributed by atoms with van der Waals surface area (Å²) in [5.41, 5.74) is 2.07. The average Bonchev–Trinajstić information content (AvgIpc) is 2.58. The van der Waals surface area contributed by atoms with Crippen molar-refractivity contribution in [1.29, 1.82) is 0 Å². The number of nitrogens with zero attached hydrogens (tertiary/aromatic N) is 2. The van der Waals surface area contributed by atoms with Gasteiger partial charge in [-0.25, -0.2) is 0 Å². The van der Waals surface area contributed by atoms with E-state index >= 15 is 0 Å². The van der Waals surface area contributed by atoms with Crippen LogP contribution in [0.1, 0.15) is 47.6 Å². The molecular weight excluding hydrogens is 272 g/mol. The number of hydrogen-bond donors (Lipinski definition) is 0. The van der Waals surface area contributed by atoms with Crippen LogP contribution in [0.4, 0.5) is 0 Å². The minimum absolute atomic E-state index is 0.240. The monoisotopic (exact) mass is 294 g/mol. The number of aromatic nitrogens is 1. The second-order valence-electron chi connectivity index (χ2n) is 6.05. The maximum Gasteiger partial charge on any atom is 0.164 e. The number of hydrogen-bond acceptors (Lipinski definition) is 3. The quantitative estimate of drug-likeness (QED) is 0.802. The van der Waals surface area contributed by atoms with Crippen LogP contribution in [0.5, 0.6) is 0 Å². The molecule has 1 aliphatic rings. The summed E-state index contributed by atoms with van der Waals surface area (Å²) in [5.74, 6) is 0.240. The Hall–Kier alpha value is -2.00. The van der Waals surface area contributed by atoms with Gasteiger partial charge < -0.3 is 0 Å². The maximum atomic E-state index is 12.5. The number of pyridine rings is 1. The minimum Gasteiger partial charge on any atom is -0.296 e. The minimum atomic E-state index is 0.240. The lowest BCUT2D eigenvalue weighted by Gasteiger charge is -2.39. The van der Waals surface area contributed by atoms with Crippen molar-refractivity contribution in [3.8, 4) is 0 Å². The maximum absolute atomic E-state index is 12.5. The highest BCUT2D eigenvalue weighted by Crippen LogP contribution is 2.34. The summed E-state index contributed by atoms with van der Waals surface area (Å²) in [6.07, 6.45) is 7.74. The van der Waals surface area contributed by atoms with Crippen molar-refractivity contribution in [3.05, 3.63) is 66.0 Å². The summed E-state index contributed by atoms with van der Waals surface area (Å²) in [4.78, 5) is 19.1. The summed E-state index contributed by atoms with van der Waals surface area (Å²) in [7, 11) is 2.14. The van der Waals surface area contributed by atoms with E-state index < -0.39 is 0 Å². The van der Waals surface area contributed by atoms with Gasteiger partial charge in [-0.15, -0.1) is 0 Å². The Balaban J connectivity index is 1.70. The molecule has 0 saturated carbocycles. The molecule has 0 radical (unpaired) electrons. The summed E-state index contributed by atoms with van der Waals surface area (Å²) >= 11 is 0. The number of rotatable bonds is 4. The van der Waals surface area contributed by atoms with E-state index in [9.17, 15) is 4.79 Å². The molecule has 0 aliphatic carbocycles. The van der Waals surface area contributed by atoms with Crippen LogP contribution in [0, 0.1) is 0 Å². The zero-order valence-corrected chi connectivity index (χ0v) is 13.0. The van der Waals surface area contributed by atoms with Gasteiger partial charge in [-0.2, -0.15) is 0 Å². The van der Waals surface area contributed by atoms with E-state index in [1.807, 2.05) is 48.8 Å². The number of benzene rings is 1. The molecule has 2 aromatic rings. The molecule has 1 aromatic carbocycles. The summed E-state index contributed by atoms with van der Waals surface area (Å²) in [5, 5.41) is 0. The molecule has 1 aliphatic heterocycles. The van der Waals surface area contributed by atoms with Crippen molar-refractivity contribution in [2.75, 3.05) is 7.05 Å². The van der Waals surface area contributed by atoms with Crippen molar-refractivity contribution < 1.29 is 4.79 Å². The van der Waals surface area contributed by atoms with Crippen LogP contribution in [-0.4, -0.2) is 28.8 Å². The Kier molecular flexibility index (Phi) is 4.64. The average molecular weight is 294 g/mol. The van der Waals surface area contributed by atoms with Gasteiger partial charge in [0.1, 0.15) is 0 Å². The molecule has 3 heteroatoms. The molecule has 1 fully saturated rings. The number of carbonyl (C=O) groups excluding carboxylic acids is 1. The normalized spacial score (nSPS) is 22.4. The van der Waals surface area contributed by atoms with Gasteiger partial charge >= 0.3 is 0 Å². The molecule has 22 heavy (non-hydrogen) atoms. The lowest BCUT2D eigenvalue weighted by Crippen LogP contribution is -2.40. The molecule has 0 spiro atoms. The molecule has 0 bridgehead atoms. The largest absolute Gasteiger partial charge is 0.296 e. The van der Waals surface area contributed by atoms with E-state index in [0.717, 1.165) is 24.8 Å². The highest BCUT2D eigenvalue weighted by Gasteiger charge is 2.30. The first-order chi connectivity index (χ1) is 10.8. The second kappa shape index (κ2) is 6.84. The zero-order chi connectivity index (χ0) is 15.4. The molecule has 2 atom stereocenters. The van der Waals surface area contributed by atoms with Crippen LogP contribution in [0.2, 0.25) is 0 Å². The SMILES string of the molecule is CN1[C@@H](CC(=O)c2ccccc2)CCC[C@H]1c1cccnc1. The molecule has 3 rings (SSSR count). The molecule has 3 nitrogen and oxygen atoms in total. The molecule has 114 valence electrons. The van der Waals surface area contributed by atoms with E-state index in [4.69, 9.17) is 0 Å². The first-order valence-electron chi connectivity index (χ1n) is 7.96. The van der Waals surface area contributed by atoms with Gasteiger partial charge in [-0.3, -0.25) is 14.7 Å². The topological polar surface area (TPSA) is 33.2 Å². The highest BCUT2D eigenvalue weighted by molar-refractivity contribution is 5.96. The van der Waals surface area contributed by atoms with Crippen molar-refractivity contribution in [2.45, 2.75) is 37.8 Å². The molecule has 0 N–H and O–H groups in total. The van der Waals surface area contributed by atoms with Gasteiger partial charge in [0.05, 0.1) is 0 Å². The zero-order valence-electron chi connectivity index (χ0n) is 13.0. The molecule has 1 saturated heterocycles. The van der Waals surface area contributed by atoms with Gasteiger partial charge in [0.25, 0.3) is 0 Å². The lowest BCUT2D eigenvalue weighted by molar-refractivity contribution is 0.0801. The standard InChI is InChI=1S/C19H22N2O/c1-21-17(13-19(22)15-7-3-2-4-8-15)10-5-11-18(21)16-9-6-12-20-14-16/h2-4,6-9,12,14,17-18H,5,10-11,13H2,1H3/t17-,18+/m1/s1. The first-order valence-corrected chi connectivity index (χ1v) is 7.96. The van der Waals surface area contributed by atoms with E-state index in [-0.39, 0.29) is 5.78 Å². The van der Waals surface area contributed by atoms with E-state index in [1.165, 1.54) is 5.56 Å². The van der Waals surface area contributed by atoms with Gasteiger partial charge in [0.15, 0.2) is 5.78 Å². The third-order valence-electron chi connectivity index (χ3n) is 4.67. The number of ketones is 1. The summed E-state index contributed by atoms with van der Waals surface area (Å²) in [6, 6.07) is 14.4. The Labute approximate surface area is 132 Å². The third-order valence-corrected chi connectivity index (χ3v) is 4.67. The van der Waals surface area contributed by atoms with Crippen LogP contribution >= 0.6 is 0 Å². The predicted molar refractivity (Wildman–Crippen MR) is 87.8 cm³/mol. The highest BCUT2D eigenvalue weighted by atomic mass is 16.1. The van der Waals surface area contributed by atoms with Gasteiger partial charge in [-0.05, 0) is 37.9 Å². The third kappa shape index (κ3) is 3.25. The number of likely N-dealkylation sites (tertiary alicyclic amines) is 1. The Bertz CT molecular complexity index is 612. The fourth-order valence-corrected chi connectivity index (χ4v) is 3.39. The number of Topliss-reactive ketones (excluding diaryl/α,β-unsaturated/α-hetero) is 1. The molecular formula is C19H22N2O. The Morgan fingerprint density at radius 1 is 1.18 bits per heavy atom. The van der Waals surface area contributed by atoms with E-state index in [2.05, 4.69) is 23.0 Å². The fourth-order valence-electron chi connectivity index (χ4n) is 3.39. The van der Waals surface area contributed by atoms with Crippen LogP contribution in [-0.2, 0) is 0 Å². The van der Waals surface area contributed by atoms with Gasteiger partial charge in [0.2, 0.25) is 0 Å². The number of piperidine rings is 1. The Morgan fingerprint density at radius 2 is 2.00 bits per heavy atom. The Morgan fingerprint density at radius 3 is 2.73 bits per heavy atom. The van der Waals surface area contributed by atoms with E-state index in [0.29, 0.717) is 18.5 Å². The second-order valence-corrected chi connectivity index (χ2v) is 6.05. The van der Waals surface area contributed by atoms with Crippen LogP contribution in [0.25, 0.3) is 0 Å². The summed E-state index contributed by atoms with van der Waals surface area (Å²) < 4.78 is 0. The first kappa shape index (κ1) is 14.9. The van der Waals surface area contributed by atoms with Crippen LogP contribution in [0.15, 0.2) is 54.9 Å². The molecule has 0 amide bonds. The van der Waals surface area contributed by atoms with Gasteiger partial charge in [-0.1, -0.05) is 36.4 Å². The van der Waals surface area contributed by atoms with Crippen molar-refractivity contribution in [2.24, 2.45) is 0 Å². The fraction of sp³-hybridized carbons (Fsp3) is 0.368. The smallest absolute Gasteiger partial charge is 0.164 e. The van der Waals surface area contributed by atoms with Crippen LogP contribution in [0.3, 0.4) is 0 Å².